The van der Waals surface area contributed by atoms with Gasteiger partial charge in [0.2, 0.25) is 5.91 Å². The minimum atomic E-state index is -1.10. The van der Waals surface area contributed by atoms with Crippen LogP contribution in [-0.2, 0) is 9.53 Å². The second-order valence-corrected chi connectivity index (χ2v) is 5.19. The number of ether oxygens (including phenoxy) is 1. The fourth-order valence-electron chi connectivity index (χ4n) is 1.95. The van der Waals surface area contributed by atoms with Crippen molar-refractivity contribution >= 4 is 17.6 Å². The standard InChI is InChI=1S/C16H19N3O4/c1-11(2)23-10-8-15(20)17-12-5-3-4-6-14(12)19-9-7-13(18-19)16(21)22/h3-7,9,11H,8,10H2,1-2H3,(H,17,20)(H,21,22). The van der Waals surface area contributed by atoms with E-state index >= 15 is 0 Å². The smallest absolute Gasteiger partial charge is 0.356 e. The predicted molar refractivity (Wildman–Crippen MR) is 84.9 cm³/mol. The second-order valence-electron chi connectivity index (χ2n) is 5.19. The highest BCUT2D eigenvalue weighted by atomic mass is 16.5. The molecule has 0 aliphatic carbocycles. The molecule has 23 heavy (non-hydrogen) atoms. The van der Waals surface area contributed by atoms with Gasteiger partial charge >= 0.3 is 5.97 Å². The molecule has 2 N–H and O–H groups in total. The van der Waals surface area contributed by atoms with E-state index in [-0.39, 0.29) is 24.1 Å². The number of benzene rings is 1. The minimum Gasteiger partial charge on any atom is -0.476 e. The number of carboxylic acid groups (broad SMARTS) is 1. The van der Waals surface area contributed by atoms with Gasteiger partial charge in [0.05, 0.1) is 30.5 Å². The number of anilines is 1. The molecule has 1 heterocycles. The fraction of sp³-hybridized carbons (Fsp3) is 0.312. The molecular formula is C16H19N3O4. The van der Waals surface area contributed by atoms with E-state index in [1.165, 1.54) is 16.9 Å². The summed E-state index contributed by atoms with van der Waals surface area (Å²) in [7, 11) is 0. The Kier molecular flexibility index (Phi) is 5.48. The Hall–Kier alpha value is -2.67. The number of hydrogen-bond acceptors (Lipinski definition) is 4. The number of carbonyl (C=O) groups is 2. The van der Waals surface area contributed by atoms with Gasteiger partial charge in [-0.2, -0.15) is 5.10 Å². The average molecular weight is 317 g/mol. The number of hydrogen-bond donors (Lipinski definition) is 2. The highest BCUT2D eigenvalue weighted by molar-refractivity contribution is 5.93. The maximum Gasteiger partial charge on any atom is 0.356 e. The number of para-hydroxylation sites is 2. The van der Waals surface area contributed by atoms with Gasteiger partial charge in [0.1, 0.15) is 0 Å². The van der Waals surface area contributed by atoms with Crippen LogP contribution in [0.25, 0.3) is 5.69 Å². The lowest BCUT2D eigenvalue weighted by Gasteiger charge is -2.12. The van der Waals surface area contributed by atoms with Crippen LogP contribution in [0.15, 0.2) is 36.5 Å². The van der Waals surface area contributed by atoms with Crippen molar-refractivity contribution in [2.45, 2.75) is 26.4 Å². The topological polar surface area (TPSA) is 93.5 Å². The molecule has 0 saturated carbocycles. The van der Waals surface area contributed by atoms with Gasteiger partial charge in [0, 0.05) is 6.20 Å². The molecule has 1 aromatic heterocycles. The first-order valence-electron chi connectivity index (χ1n) is 7.27. The predicted octanol–water partition coefficient (Wildman–Crippen LogP) is 2.32. The number of aromatic nitrogens is 2. The summed E-state index contributed by atoms with van der Waals surface area (Å²) in [6, 6.07) is 8.45. The highest BCUT2D eigenvalue weighted by Crippen LogP contribution is 2.19. The molecule has 0 unspecified atom stereocenters. The van der Waals surface area contributed by atoms with Crippen LogP contribution < -0.4 is 5.32 Å². The molecule has 0 atom stereocenters. The Balaban J connectivity index is 2.11. The maximum atomic E-state index is 12.0. The molecule has 0 fully saturated rings. The first-order valence-corrected chi connectivity index (χ1v) is 7.27. The first-order chi connectivity index (χ1) is 11.0. The third-order valence-corrected chi connectivity index (χ3v) is 3.01. The molecular weight excluding hydrogens is 298 g/mol. The van der Waals surface area contributed by atoms with Gasteiger partial charge in [-0.3, -0.25) is 4.79 Å². The van der Waals surface area contributed by atoms with Crippen LogP contribution in [0, 0.1) is 0 Å². The van der Waals surface area contributed by atoms with Crippen LogP contribution in [0.2, 0.25) is 0 Å². The second kappa shape index (κ2) is 7.55. The third kappa shape index (κ3) is 4.65. The van der Waals surface area contributed by atoms with Crippen molar-refractivity contribution in [3.8, 4) is 5.69 Å². The Morgan fingerprint density at radius 2 is 2.04 bits per heavy atom. The summed E-state index contributed by atoms with van der Waals surface area (Å²) in [5.74, 6) is -1.28. The summed E-state index contributed by atoms with van der Waals surface area (Å²) >= 11 is 0. The number of amides is 1. The van der Waals surface area contributed by atoms with E-state index in [0.717, 1.165) is 0 Å². The number of nitrogens with one attached hydrogen (secondary N) is 1. The van der Waals surface area contributed by atoms with Crippen LogP contribution in [0.5, 0.6) is 0 Å². The normalized spacial score (nSPS) is 10.7. The van der Waals surface area contributed by atoms with Gasteiger partial charge in [0.15, 0.2) is 5.69 Å². The number of nitrogens with zero attached hydrogens (tertiary/aromatic N) is 2. The van der Waals surface area contributed by atoms with Crippen molar-refractivity contribution in [2.75, 3.05) is 11.9 Å². The summed E-state index contributed by atoms with van der Waals surface area (Å²) in [5, 5.41) is 15.7. The zero-order chi connectivity index (χ0) is 16.8. The van der Waals surface area contributed by atoms with Gasteiger partial charge < -0.3 is 15.2 Å². The van der Waals surface area contributed by atoms with Crippen LogP contribution in [0.3, 0.4) is 0 Å². The Morgan fingerprint density at radius 3 is 2.70 bits per heavy atom. The quantitative estimate of drug-likeness (QED) is 0.817. The molecule has 0 aliphatic heterocycles. The van der Waals surface area contributed by atoms with E-state index < -0.39 is 5.97 Å². The summed E-state index contributed by atoms with van der Waals surface area (Å²) < 4.78 is 6.77. The molecule has 2 aromatic rings. The van der Waals surface area contributed by atoms with E-state index in [9.17, 15) is 9.59 Å². The van der Waals surface area contributed by atoms with Crippen molar-refractivity contribution in [2.24, 2.45) is 0 Å². The summed E-state index contributed by atoms with van der Waals surface area (Å²) in [5.41, 5.74) is 1.09. The monoisotopic (exact) mass is 317 g/mol. The van der Waals surface area contributed by atoms with Crippen LogP contribution >= 0.6 is 0 Å². The zero-order valence-corrected chi connectivity index (χ0v) is 13.0. The fourth-order valence-corrected chi connectivity index (χ4v) is 1.95. The van der Waals surface area contributed by atoms with Crippen LogP contribution in [0.4, 0.5) is 5.69 Å². The molecule has 0 radical (unpaired) electrons. The molecule has 122 valence electrons. The van der Waals surface area contributed by atoms with Crippen LogP contribution in [-0.4, -0.2) is 39.5 Å². The number of carboxylic acids is 1. The molecule has 1 aromatic carbocycles. The largest absolute Gasteiger partial charge is 0.476 e. The number of aromatic carboxylic acids is 1. The van der Waals surface area contributed by atoms with Gasteiger partial charge in [-0.25, -0.2) is 9.48 Å². The van der Waals surface area contributed by atoms with Crippen LogP contribution in [0.1, 0.15) is 30.8 Å². The Labute approximate surface area is 133 Å². The number of carbonyl (C=O) groups excluding carboxylic acids is 1. The average Bonchev–Trinajstić information content (AvgIpc) is 2.97. The van der Waals surface area contributed by atoms with Crippen molar-refractivity contribution in [3.05, 3.63) is 42.2 Å². The maximum absolute atomic E-state index is 12.0. The number of rotatable bonds is 7. The van der Waals surface area contributed by atoms with Gasteiger partial charge in [-0.1, -0.05) is 12.1 Å². The van der Waals surface area contributed by atoms with Crippen molar-refractivity contribution < 1.29 is 19.4 Å². The zero-order valence-electron chi connectivity index (χ0n) is 13.0. The minimum absolute atomic E-state index is 0.0588. The molecule has 0 spiro atoms. The van der Waals surface area contributed by atoms with E-state index in [1.54, 1.807) is 24.3 Å². The van der Waals surface area contributed by atoms with E-state index in [4.69, 9.17) is 9.84 Å². The highest BCUT2D eigenvalue weighted by Gasteiger charge is 2.12. The summed E-state index contributed by atoms with van der Waals surface area (Å²) in [4.78, 5) is 22.9. The molecule has 7 nitrogen and oxygen atoms in total. The Morgan fingerprint density at radius 1 is 1.30 bits per heavy atom. The van der Waals surface area contributed by atoms with E-state index in [1.807, 2.05) is 13.8 Å². The summed E-state index contributed by atoms with van der Waals surface area (Å²) in [6.45, 7) is 4.16. The first kappa shape index (κ1) is 16.7. The molecule has 0 saturated heterocycles. The van der Waals surface area contributed by atoms with Crippen molar-refractivity contribution in [1.82, 2.24) is 9.78 Å². The lowest BCUT2D eigenvalue weighted by molar-refractivity contribution is -0.117. The van der Waals surface area contributed by atoms with Crippen molar-refractivity contribution in [1.29, 1.82) is 0 Å². The SMILES string of the molecule is CC(C)OCCC(=O)Nc1ccccc1-n1ccc(C(=O)O)n1. The van der Waals surface area contributed by atoms with E-state index in [2.05, 4.69) is 10.4 Å². The van der Waals surface area contributed by atoms with Gasteiger partial charge in [-0.15, -0.1) is 0 Å². The van der Waals surface area contributed by atoms with E-state index in [0.29, 0.717) is 18.0 Å². The van der Waals surface area contributed by atoms with Gasteiger partial charge in [0.25, 0.3) is 0 Å². The summed E-state index contributed by atoms with van der Waals surface area (Å²) in [6.07, 6.45) is 1.86. The molecule has 1 amide bonds. The third-order valence-electron chi connectivity index (χ3n) is 3.01. The Bertz CT molecular complexity index is 694. The molecule has 2 rings (SSSR count). The van der Waals surface area contributed by atoms with Crippen molar-refractivity contribution in [3.63, 3.8) is 0 Å². The molecule has 7 heteroatoms. The van der Waals surface area contributed by atoms with Gasteiger partial charge in [-0.05, 0) is 32.0 Å². The lowest BCUT2D eigenvalue weighted by atomic mass is 10.2. The molecule has 0 aliphatic rings. The molecule has 0 bridgehead atoms. The lowest BCUT2D eigenvalue weighted by Crippen LogP contribution is -2.17.